The molecule has 156 valence electrons. The fourth-order valence-electron chi connectivity index (χ4n) is 3.11. The first-order chi connectivity index (χ1) is 13.7. The van der Waals surface area contributed by atoms with Crippen molar-refractivity contribution in [1.82, 2.24) is 9.78 Å². The number of benzene rings is 1. The zero-order valence-corrected chi connectivity index (χ0v) is 18.0. The zero-order chi connectivity index (χ0) is 21.0. The molecular formula is C19H24N4O4S2. The monoisotopic (exact) mass is 436 g/mol. The van der Waals surface area contributed by atoms with Gasteiger partial charge >= 0.3 is 0 Å². The van der Waals surface area contributed by atoms with Crippen LogP contribution in [0.1, 0.15) is 23.7 Å². The van der Waals surface area contributed by atoms with Gasteiger partial charge in [-0.3, -0.25) is 9.59 Å². The summed E-state index contributed by atoms with van der Waals surface area (Å²) in [7, 11) is -3.05. The molecule has 8 nitrogen and oxygen atoms in total. The van der Waals surface area contributed by atoms with E-state index in [0.717, 1.165) is 11.3 Å². The Kier molecular flexibility index (Phi) is 6.63. The molecule has 2 amide bonds. The van der Waals surface area contributed by atoms with Gasteiger partial charge in [-0.2, -0.15) is 5.10 Å². The van der Waals surface area contributed by atoms with Crippen molar-refractivity contribution in [2.24, 2.45) is 0 Å². The van der Waals surface area contributed by atoms with Crippen LogP contribution < -0.4 is 10.6 Å². The normalized spacial score (nSPS) is 17.8. The zero-order valence-electron chi connectivity index (χ0n) is 16.3. The highest BCUT2D eigenvalue weighted by Gasteiger charge is 2.31. The number of aryl methyl sites for hydroxylation is 2. The fourth-order valence-corrected chi connectivity index (χ4v) is 5.42. The average Bonchev–Trinajstić information content (AvgIpc) is 3.18. The molecule has 1 unspecified atom stereocenters. The predicted octanol–water partition coefficient (Wildman–Crippen LogP) is 2.17. The first-order valence-electron chi connectivity index (χ1n) is 9.22. The maximum absolute atomic E-state index is 12.3. The van der Waals surface area contributed by atoms with Crippen molar-refractivity contribution in [3.05, 3.63) is 41.6 Å². The molecule has 1 aliphatic rings. The van der Waals surface area contributed by atoms with E-state index >= 15 is 0 Å². The van der Waals surface area contributed by atoms with E-state index in [0.29, 0.717) is 17.9 Å². The highest BCUT2D eigenvalue weighted by atomic mass is 32.2. The van der Waals surface area contributed by atoms with Gasteiger partial charge in [-0.1, -0.05) is 17.7 Å². The van der Waals surface area contributed by atoms with Crippen LogP contribution in [-0.2, 0) is 19.4 Å². The predicted molar refractivity (Wildman–Crippen MR) is 115 cm³/mol. The molecule has 2 N–H and O–H groups in total. The molecule has 0 spiro atoms. The van der Waals surface area contributed by atoms with Crippen molar-refractivity contribution in [2.45, 2.75) is 26.3 Å². The second-order valence-corrected chi connectivity index (χ2v) is 10.3. The Labute approximate surface area is 174 Å². The Balaban J connectivity index is 1.48. The van der Waals surface area contributed by atoms with Gasteiger partial charge in [-0.25, -0.2) is 13.1 Å². The number of amides is 2. The summed E-state index contributed by atoms with van der Waals surface area (Å²) < 4.78 is 25.1. The SMILES string of the molecule is Cc1ccc(NC(=O)CSCC(=O)Nc2cc(C)nn2C2CCS(=O)(=O)C2)cc1. The number of nitrogens with one attached hydrogen (secondary N) is 2. The van der Waals surface area contributed by atoms with Crippen LogP contribution in [0, 0.1) is 13.8 Å². The van der Waals surface area contributed by atoms with Crippen molar-refractivity contribution in [2.75, 3.05) is 33.6 Å². The van der Waals surface area contributed by atoms with Crippen LogP contribution in [0.3, 0.4) is 0 Å². The molecule has 2 aromatic rings. The molecule has 10 heteroatoms. The number of thioether (sulfide) groups is 1. The molecular weight excluding hydrogens is 412 g/mol. The number of rotatable bonds is 7. The maximum Gasteiger partial charge on any atom is 0.235 e. The Hall–Kier alpha value is -2.33. The number of carbonyl (C=O) groups is 2. The van der Waals surface area contributed by atoms with Crippen LogP contribution >= 0.6 is 11.8 Å². The number of hydrogen-bond acceptors (Lipinski definition) is 6. The average molecular weight is 437 g/mol. The van der Waals surface area contributed by atoms with Crippen LogP contribution in [0.15, 0.2) is 30.3 Å². The Morgan fingerprint density at radius 1 is 1.14 bits per heavy atom. The topological polar surface area (TPSA) is 110 Å². The molecule has 0 bridgehead atoms. The van der Waals surface area contributed by atoms with Gasteiger partial charge in [0.15, 0.2) is 9.84 Å². The van der Waals surface area contributed by atoms with E-state index in [-0.39, 0.29) is 40.9 Å². The van der Waals surface area contributed by atoms with Crippen LogP contribution in [0.2, 0.25) is 0 Å². The summed E-state index contributed by atoms with van der Waals surface area (Å²) in [6.07, 6.45) is 0.486. The summed E-state index contributed by atoms with van der Waals surface area (Å²) in [4.78, 5) is 24.3. The van der Waals surface area contributed by atoms with Gasteiger partial charge in [0.05, 0.1) is 34.7 Å². The third kappa shape index (κ3) is 6.07. The van der Waals surface area contributed by atoms with Gasteiger partial charge in [-0.15, -0.1) is 11.8 Å². The second-order valence-electron chi connectivity index (χ2n) is 7.13. The Bertz CT molecular complexity index is 1000. The van der Waals surface area contributed by atoms with Crippen LogP contribution in [-0.4, -0.2) is 53.0 Å². The fraction of sp³-hybridized carbons (Fsp3) is 0.421. The highest BCUT2D eigenvalue weighted by Crippen LogP contribution is 2.27. The molecule has 1 aliphatic heterocycles. The summed E-state index contributed by atoms with van der Waals surface area (Å²) in [5.41, 5.74) is 2.53. The summed E-state index contributed by atoms with van der Waals surface area (Å²) >= 11 is 1.21. The summed E-state index contributed by atoms with van der Waals surface area (Å²) in [6.45, 7) is 3.76. The van der Waals surface area contributed by atoms with Crippen molar-refractivity contribution < 1.29 is 18.0 Å². The van der Waals surface area contributed by atoms with Crippen LogP contribution in [0.5, 0.6) is 0 Å². The summed E-state index contributed by atoms with van der Waals surface area (Å²) in [5.74, 6) is 0.471. The van der Waals surface area contributed by atoms with Crippen LogP contribution in [0.25, 0.3) is 0 Å². The maximum atomic E-state index is 12.3. The largest absolute Gasteiger partial charge is 0.325 e. The van der Waals surface area contributed by atoms with E-state index in [1.807, 2.05) is 31.2 Å². The Morgan fingerprint density at radius 3 is 2.41 bits per heavy atom. The van der Waals surface area contributed by atoms with E-state index in [2.05, 4.69) is 15.7 Å². The minimum Gasteiger partial charge on any atom is -0.325 e. The smallest absolute Gasteiger partial charge is 0.235 e. The highest BCUT2D eigenvalue weighted by molar-refractivity contribution is 8.00. The minimum atomic E-state index is -3.05. The lowest BCUT2D eigenvalue weighted by atomic mass is 10.2. The Morgan fingerprint density at radius 2 is 1.79 bits per heavy atom. The molecule has 0 radical (unpaired) electrons. The standard InChI is InChI=1S/C19H24N4O4S2/c1-13-3-5-15(6-4-13)20-18(24)10-28-11-19(25)21-17-9-14(2)22-23(17)16-7-8-29(26,27)12-16/h3-6,9,16H,7-8,10-12H2,1-2H3,(H,20,24)(H,21,25). The van der Waals surface area contributed by atoms with Gasteiger partial charge in [0.1, 0.15) is 5.82 Å². The lowest BCUT2D eigenvalue weighted by Gasteiger charge is -2.13. The first kappa shape index (κ1) is 21.4. The lowest BCUT2D eigenvalue weighted by molar-refractivity contribution is -0.114. The lowest BCUT2D eigenvalue weighted by Crippen LogP contribution is -2.22. The molecule has 1 atom stereocenters. The number of carbonyl (C=O) groups excluding carboxylic acids is 2. The minimum absolute atomic E-state index is 0.0327. The molecule has 1 saturated heterocycles. The molecule has 0 saturated carbocycles. The van der Waals surface area contributed by atoms with Gasteiger partial charge < -0.3 is 10.6 Å². The molecule has 3 rings (SSSR count). The number of aromatic nitrogens is 2. The summed E-state index contributed by atoms with van der Waals surface area (Å²) in [6, 6.07) is 8.94. The van der Waals surface area contributed by atoms with Crippen molar-refractivity contribution in [1.29, 1.82) is 0 Å². The molecule has 0 aliphatic carbocycles. The summed E-state index contributed by atoms with van der Waals surface area (Å²) in [5, 5.41) is 9.91. The molecule has 1 aromatic heterocycles. The molecule has 2 heterocycles. The van der Waals surface area contributed by atoms with Gasteiger partial charge in [0.2, 0.25) is 11.8 Å². The van der Waals surface area contributed by atoms with E-state index in [9.17, 15) is 18.0 Å². The van der Waals surface area contributed by atoms with Crippen molar-refractivity contribution >= 4 is 44.9 Å². The van der Waals surface area contributed by atoms with E-state index in [1.165, 1.54) is 11.8 Å². The molecule has 1 aromatic carbocycles. The first-order valence-corrected chi connectivity index (χ1v) is 12.2. The van der Waals surface area contributed by atoms with Crippen molar-refractivity contribution in [3.63, 3.8) is 0 Å². The number of hydrogen-bond donors (Lipinski definition) is 2. The van der Waals surface area contributed by atoms with E-state index in [4.69, 9.17) is 0 Å². The van der Waals surface area contributed by atoms with E-state index < -0.39 is 9.84 Å². The molecule has 1 fully saturated rings. The van der Waals surface area contributed by atoms with E-state index in [1.54, 1.807) is 17.7 Å². The third-order valence-electron chi connectivity index (χ3n) is 4.48. The second kappa shape index (κ2) is 9.00. The van der Waals surface area contributed by atoms with Crippen LogP contribution in [0.4, 0.5) is 11.5 Å². The van der Waals surface area contributed by atoms with Crippen molar-refractivity contribution in [3.8, 4) is 0 Å². The molecule has 29 heavy (non-hydrogen) atoms. The van der Waals surface area contributed by atoms with Gasteiger partial charge in [-0.05, 0) is 32.4 Å². The number of anilines is 2. The van der Waals surface area contributed by atoms with Gasteiger partial charge in [0.25, 0.3) is 0 Å². The van der Waals surface area contributed by atoms with Gasteiger partial charge in [0, 0.05) is 11.8 Å². The number of sulfone groups is 1. The number of nitrogens with zero attached hydrogens (tertiary/aromatic N) is 2. The quantitative estimate of drug-likeness (QED) is 0.688. The third-order valence-corrected chi connectivity index (χ3v) is 7.16.